The number of carbonyl (C=O) groups is 1. The van der Waals surface area contributed by atoms with Crippen molar-refractivity contribution in [2.45, 2.75) is 38.2 Å². The van der Waals surface area contributed by atoms with Gasteiger partial charge < -0.3 is 15.9 Å². The van der Waals surface area contributed by atoms with Gasteiger partial charge in [0.1, 0.15) is 17.3 Å². The highest BCUT2D eigenvalue weighted by Gasteiger charge is 2.43. The van der Waals surface area contributed by atoms with Gasteiger partial charge in [-0.1, -0.05) is 6.07 Å². The molecule has 1 heterocycles. The molecule has 1 atom stereocenters. The van der Waals surface area contributed by atoms with E-state index in [9.17, 15) is 14.3 Å². The maximum atomic E-state index is 13.9. The van der Waals surface area contributed by atoms with Crippen LogP contribution in [-0.2, 0) is 10.4 Å². The summed E-state index contributed by atoms with van der Waals surface area (Å²) in [5.41, 5.74) is 6.78. The molecule has 1 aromatic carbocycles. The van der Waals surface area contributed by atoms with E-state index in [-0.39, 0.29) is 5.92 Å². The Hall–Kier alpha value is -1.99. The summed E-state index contributed by atoms with van der Waals surface area (Å²) in [7, 11) is 0. The van der Waals surface area contributed by atoms with E-state index < -0.39 is 24.2 Å². The minimum absolute atomic E-state index is 0.329. The van der Waals surface area contributed by atoms with Gasteiger partial charge >= 0.3 is 5.97 Å². The van der Waals surface area contributed by atoms with Crippen molar-refractivity contribution in [2.75, 3.05) is 12.4 Å². The van der Waals surface area contributed by atoms with Crippen LogP contribution in [0.4, 0.5) is 10.1 Å². The Balaban J connectivity index is 1.84. The van der Waals surface area contributed by atoms with E-state index in [1.165, 1.54) is 11.3 Å². The lowest BCUT2D eigenvalue weighted by atomic mass is 9.74. The van der Waals surface area contributed by atoms with Gasteiger partial charge in [-0.25, -0.2) is 9.37 Å². The number of thiazole rings is 1. The molecule has 2 aromatic rings. The van der Waals surface area contributed by atoms with Gasteiger partial charge in [-0.05, 0) is 61.8 Å². The van der Waals surface area contributed by atoms with Gasteiger partial charge in [-0.3, -0.25) is 4.79 Å². The molecule has 1 aliphatic rings. The number of benzene rings is 1. The Morgan fingerprint density at radius 3 is 2.62 bits per heavy atom. The third-order valence-electron chi connectivity index (χ3n) is 5.22. The average Bonchev–Trinajstić information content (AvgIpc) is 3.11. The SMILES string of the molecule is Cc1cc(N)cc(-c2cnc(C(O)(CF)C3CCC(C(=O)O)CC3)s2)c1. The fourth-order valence-electron chi connectivity index (χ4n) is 3.72. The Bertz CT molecular complexity index is 782. The first-order valence-corrected chi connectivity index (χ1v) is 9.50. The number of nitrogens with zero attached hydrogens (tertiary/aromatic N) is 1. The number of hydrogen-bond donors (Lipinski definition) is 3. The second kappa shape index (κ2) is 7.32. The first kappa shape index (κ1) is 18.8. The minimum atomic E-state index is -1.66. The highest BCUT2D eigenvalue weighted by atomic mass is 32.1. The maximum Gasteiger partial charge on any atom is 0.306 e. The lowest BCUT2D eigenvalue weighted by molar-refractivity contribution is -0.144. The molecule has 3 rings (SSSR count). The van der Waals surface area contributed by atoms with Gasteiger partial charge in [0.05, 0.1) is 10.8 Å². The topological polar surface area (TPSA) is 96.4 Å². The van der Waals surface area contributed by atoms with Gasteiger partial charge in [0.15, 0.2) is 0 Å². The van der Waals surface area contributed by atoms with Crippen molar-refractivity contribution >= 4 is 23.0 Å². The molecule has 7 heteroatoms. The molecule has 4 N–H and O–H groups in total. The van der Waals surface area contributed by atoms with Crippen LogP contribution in [0.15, 0.2) is 24.4 Å². The lowest BCUT2D eigenvalue weighted by Gasteiger charge is -2.36. The van der Waals surface area contributed by atoms with Crippen molar-refractivity contribution in [1.29, 1.82) is 0 Å². The predicted molar refractivity (Wildman–Crippen MR) is 99.7 cm³/mol. The van der Waals surface area contributed by atoms with Crippen LogP contribution in [0, 0.1) is 18.8 Å². The molecule has 1 unspecified atom stereocenters. The molecule has 1 fully saturated rings. The van der Waals surface area contributed by atoms with Gasteiger partial charge in [0.2, 0.25) is 0 Å². The number of rotatable bonds is 5. The Labute approximate surface area is 155 Å². The first-order chi connectivity index (χ1) is 12.3. The van der Waals surface area contributed by atoms with E-state index in [2.05, 4.69) is 4.98 Å². The average molecular weight is 378 g/mol. The largest absolute Gasteiger partial charge is 0.481 e. The first-order valence-electron chi connectivity index (χ1n) is 8.68. The van der Waals surface area contributed by atoms with Crippen LogP contribution in [0.3, 0.4) is 0 Å². The third kappa shape index (κ3) is 3.59. The van der Waals surface area contributed by atoms with Gasteiger partial charge in [-0.2, -0.15) is 0 Å². The molecule has 1 saturated carbocycles. The second-order valence-corrected chi connectivity index (χ2v) is 8.14. The van der Waals surface area contributed by atoms with Crippen LogP contribution >= 0.6 is 11.3 Å². The van der Waals surface area contributed by atoms with Crippen LogP contribution in [-0.4, -0.2) is 27.8 Å². The Morgan fingerprint density at radius 2 is 2.04 bits per heavy atom. The number of aliphatic hydroxyl groups is 1. The van der Waals surface area contributed by atoms with Crippen molar-refractivity contribution in [3.63, 3.8) is 0 Å². The van der Waals surface area contributed by atoms with E-state index in [1.807, 2.05) is 25.1 Å². The van der Waals surface area contributed by atoms with Crippen molar-refractivity contribution < 1.29 is 19.4 Å². The Kier molecular flexibility index (Phi) is 5.29. The standard InChI is InChI=1S/C19H23FN2O3S/c1-11-6-13(8-15(21)7-11)16-9-22-18(26-16)19(25,10-20)14-4-2-12(3-5-14)17(23)24/h6-9,12,14,25H,2-5,10,21H2,1H3,(H,23,24). The molecule has 0 saturated heterocycles. The van der Waals surface area contributed by atoms with Crippen molar-refractivity contribution in [2.24, 2.45) is 11.8 Å². The smallest absolute Gasteiger partial charge is 0.306 e. The lowest BCUT2D eigenvalue weighted by Crippen LogP contribution is -2.40. The Morgan fingerprint density at radius 1 is 1.35 bits per heavy atom. The number of halogens is 1. The number of nitrogen functional groups attached to an aromatic ring is 1. The molecular formula is C19H23FN2O3S. The van der Waals surface area contributed by atoms with Crippen molar-refractivity contribution in [3.05, 3.63) is 35.0 Å². The molecule has 0 spiro atoms. The molecule has 26 heavy (non-hydrogen) atoms. The highest BCUT2D eigenvalue weighted by molar-refractivity contribution is 7.15. The summed E-state index contributed by atoms with van der Waals surface area (Å²) in [5, 5.41) is 20.5. The van der Waals surface area contributed by atoms with Crippen LogP contribution in [0.25, 0.3) is 10.4 Å². The number of carboxylic acids is 1. The van der Waals surface area contributed by atoms with E-state index in [0.29, 0.717) is 36.4 Å². The monoisotopic (exact) mass is 378 g/mol. The molecule has 1 aliphatic carbocycles. The zero-order valence-corrected chi connectivity index (χ0v) is 15.4. The summed E-state index contributed by atoms with van der Waals surface area (Å²) in [6, 6.07) is 5.67. The molecule has 0 aliphatic heterocycles. The number of hydrogen-bond acceptors (Lipinski definition) is 5. The van der Waals surface area contributed by atoms with Crippen molar-refractivity contribution in [1.82, 2.24) is 4.98 Å². The van der Waals surface area contributed by atoms with Crippen LogP contribution in [0.1, 0.15) is 36.3 Å². The summed E-state index contributed by atoms with van der Waals surface area (Å²) >= 11 is 1.26. The normalized spacial score (nSPS) is 22.7. The molecule has 1 aromatic heterocycles. The number of carboxylic acid groups (broad SMARTS) is 1. The summed E-state index contributed by atoms with van der Waals surface area (Å²) in [6.07, 6.45) is 3.50. The number of aryl methyl sites for hydroxylation is 1. The second-order valence-electron chi connectivity index (χ2n) is 7.11. The van der Waals surface area contributed by atoms with E-state index in [0.717, 1.165) is 16.0 Å². The quantitative estimate of drug-likeness (QED) is 0.689. The van der Waals surface area contributed by atoms with Gasteiger partial charge in [0, 0.05) is 11.9 Å². The zero-order valence-electron chi connectivity index (χ0n) is 14.6. The fraction of sp³-hybridized carbons (Fsp3) is 0.474. The number of anilines is 1. The zero-order chi connectivity index (χ0) is 18.9. The number of aliphatic carboxylic acids is 1. The molecule has 0 bridgehead atoms. The predicted octanol–water partition coefficient (Wildman–Crippen LogP) is 3.75. The number of nitrogens with two attached hydrogens (primary N) is 1. The van der Waals surface area contributed by atoms with Crippen LogP contribution in [0.2, 0.25) is 0 Å². The molecular weight excluding hydrogens is 355 g/mol. The summed E-state index contributed by atoms with van der Waals surface area (Å²) in [5.74, 6) is -1.55. The minimum Gasteiger partial charge on any atom is -0.481 e. The van der Waals surface area contributed by atoms with Gasteiger partial charge in [0.25, 0.3) is 0 Å². The number of alkyl halides is 1. The number of aromatic nitrogens is 1. The highest BCUT2D eigenvalue weighted by Crippen LogP contribution is 2.44. The van der Waals surface area contributed by atoms with E-state index in [4.69, 9.17) is 10.8 Å². The third-order valence-corrected chi connectivity index (χ3v) is 6.43. The molecule has 5 nitrogen and oxygen atoms in total. The summed E-state index contributed by atoms with van der Waals surface area (Å²) < 4.78 is 13.9. The summed E-state index contributed by atoms with van der Waals surface area (Å²) in [6.45, 7) is 1.01. The van der Waals surface area contributed by atoms with Crippen LogP contribution in [0.5, 0.6) is 0 Å². The van der Waals surface area contributed by atoms with Gasteiger partial charge in [-0.15, -0.1) is 11.3 Å². The van der Waals surface area contributed by atoms with Crippen LogP contribution < -0.4 is 5.73 Å². The van der Waals surface area contributed by atoms with E-state index >= 15 is 0 Å². The molecule has 0 radical (unpaired) electrons. The fourth-order valence-corrected chi connectivity index (χ4v) is 4.77. The molecule has 0 amide bonds. The summed E-state index contributed by atoms with van der Waals surface area (Å²) in [4.78, 5) is 16.2. The molecule has 140 valence electrons. The van der Waals surface area contributed by atoms with E-state index in [1.54, 1.807) is 6.20 Å². The van der Waals surface area contributed by atoms with Crippen molar-refractivity contribution in [3.8, 4) is 10.4 Å². The maximum absolute atomic E-state index is 13.9.